The fourth-order valence-corrected chi connectivity index (χ4v) is 4.53. The van der Waals surface area contributed by atoms with Crippen molar-refractivity contribution in [2.75, 3.05) is 0 Å². The fraction of sp³-hybridized carbons (Fsp3) is 0.241. The van der Waals surface area contributed by atoms with Crippen LogP contribution in [0.15, 0.2) is 72.8 Å². The number of carboxylic acids is 1. The maximum atomic E-state index is 11.3. The second-order valence-electron chi connectivity index (χ2n) is 9.78. The minimum absolute atomic E-state index is 0.0482. The molecule has 38 heavy (non-hydrogen) atoms. The van der Waals surface area contributed by atoms with E-state index in [0.717, 1.165) is 45.9 Å². The van der Waals surface area contributed by atoms with Gasteiger partial charge in [-0.25, -0.2) is 19.6 Å². The molecular weight excluding hydrogens is 478 g/mol. The SMILES string of the molecule is CC(C)Cc1nc(C(C)c2ccc(C(=O)O)cc2)n(Cc2ccc(-c3ccccc3-c3nnn[nH]3)cc2)n1. The lowest BCUT2D eigenvalue weighted by atomic mass is 9.98. The molecular formula is C29H29N7O2. The number of hydrogen-bond donors (Lipinski definition) is 2. The molecule has 1 unspecified atom stereocenters. The molecule has 0 saturated carbocycles. The monoisotopic (exact) mass is 507 g/mol. The molecule has 0 bridgehead atoms. The third kappa shape index (κ3) is 5.36. The zero-order valence-corrected chi connectivity index (χ0v) is 21.5. The quantitative estimate of drug-likeness (QED) is 0.280. The molecule has 9 nitrogen and oxygen atoms in total. The van der Waals surface area contributed by atoms with Crippen molar-refractivity contribution in [2.45, 2.75) is 39.7 Å². The van der Waals surface area contributed by atoms with E-state index in [1.807, 2.05) is 35.0 Å². The summed E-state index contributed by atoms with van der Waals surface area (Å²) in [4.78, 5) is 16.2. The zero-order valence-electron chi connectivity index (χ0n) is 21.5. The normalized spacial score (nSPS) is 12.1. The highest BCUT2D eigenvalue weighted by molar-refractivity contribution is 5.87. The van der Waals surface area contributed by atoms with Crippen LogP contribution in [0, 0.1) is 5.92 Å². The number of nitrogens with one attached hydrogen (secondary N) is 1. The van der Waals surface area contributed by atoms with Crippen LogP contribution >= 0.6 is 0 Å². The lowest BCUT2D eigenvalue weighted by Gasteiger charge is -2.14. The van der Waals surface area contributed by atoms with Gasteiger partial charge in [0.15, 0.2) is 11.6 Å². The molecule has 3 aromatic carbocycles. The van der Waals surface area contributed by atoms with Gasteiger partial charge < -0.3 is 5.11 Å². The highest BCUT2D eigenvalue weighted by Gasteiger charge is 2.20. The van der Waals surface area contributed by atoms with E-state index in [9.17, 15) is 9.90 Å². The average molecular weight is 508 g/mol. The number of carbonyl (C=O) groups is 1. The molecule has 5 aromatic rings. The van der Waals surface area contributed by atoms with Gasteiger partial charge in [-0.3, -0.25) is 0 Å². The summed E-state index contributed by atoms with van der Waals surface area (Å²) in [5, 5.41) is 28.4. The molecule has 0 fully saturated rings. The number of rotatable bonds is 9. The van der Waals surface area contributed by atoms with Gasteiger partial charge in [-0.15, -0.1) is 5.10 Å². The second-order valence-corrected chi connectivity index (χ2v) is 9.78. The van der Waals surface area contributed by atoms with Gasteiger partial charge in [0.25, 0.3) is 0 Å². The Bertz CT molecular complexity index is 1520. The van der Waals surface area contributed by atoms with E-state index in [-0.39, 0.29) is 11.5 Å². The number of hydrogen-bond acceptors (Lipinski definition) is 6. The smallest absolute Gasteiger partial charge is 0.335 e. The number of aromatic nitrogens is 7. The third-order valence-electron chi connectivity index (χ3n) is 6.50. The summed E-state index contributed by atoms with van der Waals surface area (Å²) >= 11 is 0. The van der Waals surface area contributed by atoms with Crippen molar-refractivity contribution in [1.29, 1.82) is 0 Å². The Kier molecular flexibility index (Phi) is 7.08. The lowest BCUT2D eigenvalue weighted by Crippen LogP contribution is -2.11. The van der Waals surface area contributed by atoms with Crippen molar-refractivity contribution in [1.82, 2.24) is 35.4 Å². The van der Waals surface area contributed by atoms with Crippen LogP contribution in [0.1, 0.15) is 59.8 Å². The first kappa shape index (κ1) is 25.0. The second kappa shape index (κ2) is 10.8. The summed E-state index contributed by atoms with van der Waals surface area (Å²) in [5.41, 5.74) is 5.40. The minimum Gasteiger partial charge on any atom is -0.478 e. The Morgan fingerprint density at radius 1 is 0.947 bits per heavy atom. The Labute approximate surface area is 220 Å². The van der Waals surface area contributed by atoms with Crippen LogP contribution in [-0.4, -0.2) is 46.5 Å². The van der Waals surface area contributed by atoms with Crippen molar-refractivity contribution in [3.05, 3.63) is 101 Å². The van der Waals surface area contributed by atoms with E-state index in [1.165, 1.54) is 0 Å². The first-order chi connectivity index (χ1) is 18.4. The predicted octanol–water partition coefficient (Wildman–Crippen LogP) is 5.22. The summed E-state index contributed by atoms with van der Waals surface area (Å²) < 4.78 is 1.97. The molecule has 9 heteroatoms. The lowest BCUT2D eigenvalue weighted by molar-refractivity contribution is 0.0697. The number of aromatic amines is 1. The number of aromatic carboxylic acids is 1. The molecule has 0 amide bonds. The molecule has 0 aliphatic carbocycles. The van der Waals surface area contributed by atoms with Gasteiger partial charge in [0.1, 0.15) is 5.82 Å². The molecule has 2 heterocycles. The van der Waals surface area contributed by atoms with Crippen LogP contribution in [0.2, 0.25) is 0 Å². The van der Waals surface area contributed by atoms with Gasteiger partial charge in [0.05, 0.1) is 12.1 Å². The summed E-state index contributed by atoms with van der Waals surface area (Å²) in [7, 11) is 0. The van der Waals surface area contributed by atoms with Crippen LogP contribution in [-0.2, 0) is 13.0 Å². The van der Waals surface area contributed by atoms with Crippen molar-refractivity contribution in [3.63, 3.8) is 0 Å². The molecule has 192 valence electrons. The third-order valence-corrected chi connectivity index (χ3v) is 6.50. The number of benzene rings is 3. The van der Waals surface area contributed by atoms with Crippen molar-refractivity contribution < 1.29 is 9.90 Å². The van der Waals surface area contributed by atoms with Gasteiger partial charge in [-0.05, 0) is 50.7 Å². The highest BCUT2D eigenvalue weighted by Crippen LogP contribution is 2.30. The molecule has 0 aliphatic rings. The highest BCUT2D eigenvalue weighted by atomic mass is 16.4. The number of carboxylic acid groups (broad SMARTS) is 1. The predicted molar refractivity (Wildman–Crippen MR) is 144 cm³/mol. The number of nitrogens with zero attached hydrogens (tertiary/aromatic N) is 6. The Hall–Kier alpha value is -4.66. The first-order valence-corrected chi connectivity index (χ1v) is 12.6. The van der Waals surface area contributed by atoms with Crippen LogP contribution in [0.25, 0.3) is 22.5 Å². The van der Waals surface area contributed by atoms with Crippen molar-refractivity contribution >= 4 is 5.97 Å². The van der Waals surface area contributed by atoms with Crippen LogP contribution in [0.4, 0.5) is 0 Å². The van der Waals surface area contributed by atoms with Crippen LogP contribution < -0.4 is 0 Å². The first-order valence-electron chi connectivity index (χ1n) is 12.6. The Morgan fingerprint density at radius 3 is 2.29 bits per heavy atom. The maximum absolute atomic E-state index is 11.3. The molecule has 1 atom stereocenters. The summed E-state index contributed by atoms with van der Waals surface area (Å²) in [5.74, 6) is 1.75. The van der Waals surface area contributed by atoms with E-state index >= 15 is 0 Å². The van der Waals surface area contributed by atoms with Crippen LogP contribution in [0.5, 0.6) is 0 Å². The molecule has 0 spiro atoms. The standard InChI is InChI=1S/C29H29N7O2/c1-18(2)16-26-30-28(19(3)21-12-14-23(15-13-21)29(37)38)36(33-26)17-20-8-10-22(11-9-20)24-6-4-5-7-25(24)27-31-34-35-32-27/h4-15,18-19H,16-17H2,1-3H3,(H,37,38)(H,31,32,34,35). The number of H-pyrrole nitrogens is 1. The summed E-state index contributed by atoms with van der Waals surface area (Å²) in [6.07, 6.45) is 0.789. The van der Waals surface area contributed by atoms with E-state index < -0.39 is 5.97 Å². The van der Waals surface area contributed by atoms with Gasteiger partial charge in [0.2, 0.25) is 0 Å². The topological polar surface area (TPSA) is 122 Å². The van der Waals surface area contributed by atoms with Gasteiger partial charge in [-0.2, -0.15) is 5.10 Å². The average Bonchev–Trinajstić information content (AvgIpc) is 3.59. The number of tetrazole rings is 1. The maximum Gasteiger partial charge on any atom is 0.335 e. The summed E-state index contributed by atoms with van der Waals surface area (Å²) in [6.45, 7) is 6.96. The van der Waals surface area contributed by atoms with E-state index in [2.05, 4.69) is 71.7 Å². The van der Waals surface area contributed by atoms with Crippen LogP contribution in [0.3, 0.4) is 0 Å². The van der Waals surface area contributed by atoms with Gasteiger partial charge in [-0.1, -0.05) is 81.4 Å². The summed E-state index contributed by atoms with van der Waals surface area (Å²) in [6, 6.07) is 23.4. The van der Waals surface area contributed by atoms with Crippen molar-refractivity contribution in [2.24, 2.45) is 5.92 Å². The largest absolute Gasteiger partial charge is 0.478 e. The van der Waals surface area contributed by atoms with E-state index in [4.69, 9.17) is 10.1 Å². The fourth-order valence-electron chi connectivity index (χ4n) is 4.53. The van der Waals surface area contributed by atoms with Crippen molar-refractivity contribution in [3.8, 4) is 22.5 Å². The van der Waals surface area contributed by atoms with E-state index in [0.29, 0.717) is 18.3 Å². The molecule has 0 radical (unpaired) electrons. The molecule has 5 rings (SSSR count). The molecule has 0 aliphatic heterocycles. The zero-order chi connectivity index (χ0) is 26.6. The molecule has 2 N–H and O–H groups in total. The van der Waals surface area contributed by atoms with Gasteiger partial charge >= 0.3 is 5.97 Å². The van der Waals surface area contributed by atoms with Gasteiger partial charge in [0, 0.05) is 17.9 Å². The Morgan fingerprint density at radius 2 is 1.66 bits per heavy atom. The molecule has 2 aromatic heterocycles. The molecule has 0 saturated heterocycles. The van der Waals surface area contributed by atoms with E-state index in [1.54, 1.807) is 12.1 Å². The minimum atomic E-state index is -0.935. The Balaban J connectivity index is 1.43.